The molecule has 0 radical (unpaired) electrons. The number of rotatable bonds is 8. The highest BCUT2D eigenvalue weighted by molar-refractivity contribution is 7.57. The molecule has 0 fully saturated rings. The zero-order valence-electron chi connectivity index (χ0n) is 14.7. The summed E-state index contributed by atoms with van der Waals surface area (Å²) in [5.41, 5.74) is 6.68. The van der Waals surface area contributed by atoms with E-state index in [-0.39, 0.29) is 23.3 Å². The fourth-order valence-electron chi connectivity index (χ4n) is 2.19. The molecular weight excluding hydrogens is 365 g/mol. The maximum Gasteiger partial charge on any atom is 0.354 e. The van der Waals surface area contributed by atoms with Gasteiger partial charge in [-0.3, -0.25) is 4.57 Å². The van der Waals surface area contributed by atoms with Gasteiger partial charge in [0.05, 0.1) is 18.5 Å². The summed E-state index contributed by atoms with van der Waals surface area (Å²) in [4.78, 5) is 12.2. The number of aryl methyl sites for hydroxylation is 1. The maximum absolute atomic E-state index is 12.7. The summed E-state index contributed by atoms with van der Waals surface area (Å²) >= 11 is 6.00. The lowest BCUT2D eigenvalue weighted by Crippen LogP contribution is -2.06. The van der Waals surface area contributed by atoms with Crippen LogP contribution in [0.25, 0.3) is 11.2 Å². The predicted octanol–water partition coefficient (Wildman–Crippen LogP) is 4.01. The quantitative estimate of drug-likeness (QED) is 0.538. The van der Waals surface area contributed by atoms with Gasteiger partial charge in [-0.1, -0.05) is 17.7 Å². The van der Waals surface area contributed by atoms with Crippen LogP contribution < -0.4 is 5.73 Å². The van der Waals surface area contributed by atoms with E-state index in [1.807, 2.05) is 27.7 Å². The van der Waals surface area contributed by atoms with Crippen molar-refractivity contribution in [3.63, 3.8) is 0 Å². The van der Waals surface area contributed by atoms with Gasteiger partial charge in [0.2, 0.25) is 5.95 Å². The molecule has 0 aliphatic rings. The van der Waals surface area contributed by atoms with Gasteiger partial charge in [-0.15, -0.1) is 0 Å². The van der Waals surface area contributed by atoms with Crippen LogP contribution in [0, 0.1) is 0 Å². The number of anilines is 1. The van der Waals surface area contributed by atoms with Crippen molar-refractivity contribution in [2.75, 3.05) is 5.73 Å². The molecule has 0 bridgehead atoms. The largest absolute Gasteiger partial charge is 0.368 e. The summed E-state index contributed by atoms with van der Waals surface area (Å²) in [6.45, 7) is 7.82. The number of nitrogen functional groups attached to an aromatic ring is 1. The Morgan fingerprint density at radius 2 is 1.92 bits per heavy atom. The molecule has 138 valence electrons. The molecule has 10 heteroatoms. The van der Waals surface area contributed by atoms with Crippen molar-refractivity contribution in [3.8, 4) is 0 Å². The number of allylic oxidation sites excluding steroid dienone is 1. The maximum atomic E-state index is 12.7. The van der Waals surface area contributed by atoms with Crippen molar-refractivity contribution in [2.24, 2.45) is 0 Å². The summed E-state index contributed by atoms with van der Waals surface area (Å²) in [5.74, 6) is 1.59. The van der Waals surface area contributed by atoms with Gasteiger partial charge in [-0.05, 0) is 34.1 Å². The topological polar surface area (TPSA) is 105 Å². The van der Waals surface area contributed by atoms with E-state index in [2.05, 4.69) is 15.0 Å². The zero-order chi connectivity index (χ0) is 18.6. The number of nitrogens with zero attached hydrogens (tertiary/aromatic N) is 4. The molecule has 25 heavy (non-hydrogen) atoms. The molecule has 0 saturated heterocycles. The highest BCUT2D eigenvalue weighted by atomic mass is 35.5. The minimum absolute atomic E-state index is 0.0926. The van der Waals surface area contributed by atoms with Gasteiger partial charge in [0.25, 0.3) is 0 Å². The molecule has 0 spiro atoms. The average Bonchev–Trinajstić information content (AvgIpc) is 2.85. The van der Waals surface area contributed by atoms with Crippen molar-refractivity contribution in [3.05, 3.63) is 23.4 Å². The molecule has 2 N–H and O–H groups in total. The molecule has 8 nitrogen and oxygen atoms in total. The van der Waals surface area contributed by atoms with E-state index in [1.54, 1.807) is 17.0 Å². The number of nitrogens with two attached hydrogens (primary N) is 1. The highest BCUT2D eigenvalue weighted by Crippen LogP contribution is 2.52. The number of fused-ring (bicyclic) bond motifs is 1. The summed E-state index contributed by atoms with van der Waals surface area (Å²) in [5, 5.41) is 0.219. The van der Waals surface area contributed by atoms with Crippen molar-refractivity contribution >= 4 is 36.3 Å². The van der Waals surface area contributed by atoms with E-state index in [4.69, 9.17) is 26.4 Å². The summed E-state index contributed by atoms with van der Waals surface area (Å²) < 4.78 is 25.4. The summed E-state index contributed by atoms with van der Waals surface area (Å²) in [7, 11) is -3.27. The Bertz CT molecular complexity index is 792. The molecule has 2 rings (SSSR count). The minimum Gasteiger partial charge on any atom is -0.368 e. The number of hydrogen-bond acceptors (Lipinski definition) is 7. The second-order valence-electron chi connectivity index (χ2n) is 6.00. The Morgan fingerprint density at radius 1 is 1.28 bits per heavy atom. The van der Waals surface area contributed by atoms with Crippen LogP contribution in [0.2, 0.25) is 5.15 Å². The number of halogens is 1. The molecular formula is C15H23ClN5O3P. The Balaban J connectivity index is 2.08. The number of imidazole rings is 1. The van der Waals surface area contributed by atoms with Crippen LogP contribution in [0.3, 0.4) is 0 Å². The predicted molar refractivity (Wildman–Crippen MR) is 98.6 cm³/mol. The van der Waals surface area contributed by atoms with Crippen LogP contribution in [-0.4, -0.2) is 31.7 Å². The molecule has 0 saturated carbocycles. The first-order valence-electron chi connectivity index (χ1n) is 7.98. The fourth-order valence-corrected chi connectivity index (χ4v) is 4.18. The molecule has 0 atom stereocenters. The van der Waals surface area contributed by atoms with Gasteiger partial charge in [-0.2, -0.15) is 9.97 Å². The van der Waals surface area contributed by atoms with Crippen molar-refractivity contribution < 1.29 is 13.6 Å². The van der Waals surface area contributed by atoms with Crippen LogP contribution in [0.15, 0.2) is 18.2 Å². The molecule has 2 aromatic rings. The van der Waals surface area contributed by atoms with E-state index >= 15 is 0 Å². The molecule has 0 amide bonds. The number of hydrogen-bond donors (Lipinski definition) is 1. The molecule has 0 aliphatic heterocycles. The first-order valence-corrected chi connectivity index (χ1v) is 9.97. The van der Waals surface area contributed by atoms with E-state index in [9.17, 15) is 4.57 Å². The van der Waals surface area contributed by atoms with Gasteiger partial charge in [0, 0.05) is 12.4 Å². The Labute approximate surface area is 151 Å². The van der Waals surface area contributed by atoms with Gasteiger partial charge < -0.3 is 19.3 Å². The normalized spacial score (nSPS) is 12.9. The van der Waals surface area contributed by atoms with E-state index in [0.29, 0.717) is 24.1 Å². The molecule has 0 unspecified atom stereocenters. The molecule has 0 aliphatic carbocycles. The van der Waals surface area contributed by atoms with Crippen LogP contribution in [-0.2, 0) is 20.2 Å². The van der Waals surface area contributed by atoms with Gasteiger partial charge in [0.1, 0.15) is 5.52 Å². The van der Waals surface area contributed by atoms with Gasteiger partial charge in [-0.25, -0.2) is 4.98 Å². The third-order valence-corrected chi connectivity index (χ3v) is 5.25. The van der Waals surface area contributed by atoms with Gasteiger partial charge >= 0.3 is 7.60 Å². The van der Waals surface area contributed by atoms with Crippen LogP contribution in [0.5, 0.6) is 0 Å². The van der Waals surface area contributed by atoms with Crippen molar-refractivity contribution in [1.82, 2.24) is 19.5 Å². The lowest BCUT2D eigenvalue weighted by Gasteiger charge is -2.19. The van der Waals surface area contributed by atoms with Crippen LogP contribution >= 0.6 is 19.2 Å². The second-order valence-corrected chi connectivity index (χ2v) is 8.16. The average molecular weight is 388 g/mol. The van der Waals surface area contributed by atoms with E-state index in [0.717, 1.165) is 0 Å². The molecule has 2 aromatic heterocycles. The van der Waals surface area contributed by atoms with Crippen molar-refractivity contribution in [1.29, 1.82) is 0 Å². The lowest BCUT2D eigenvalue weighted by molar-refractivity contribution is 0.149. The zero-order valence-corrected chi connectivity index (χ0v) is 16.4. The second kappa shape index (κ2) is 8.27. The first kappa shape index (κ1) is 19.8. The van der Waals surface area contributed by atoms with Crippen LogP contribution in [0.1, 0.15) is 34.1 Å². The Hall–Kier alpha value is -1.47. The lowest BCUT2D eigenvalue weighted by atomic mass is 10.4. The van der Waals surface area contributed by atoms with Gasteiger partial charge in [0.15, 0.2) is 10.8 Å². The highest BCUT2D eigenvalue weighted by Gasteiger charge is 2.23. The SMILES string of the molecule is CC(C)OP(=O)(/C=C/CCn1cnc2c(Cl)nc(N)nc21)OC(C)C. The fraction of sp³-hybridized carbons (Fsp3) is 0.533. The summed E-state index contributed by atoms with van der Waals surface area (Å²) in [6.07, 6.45) is 3.57. The third kappa shape index (κ3) is 5.51. The molecule has 2 heterocycles. The van der Waals surface area contributed by atoms with Crippen LogP contribution in [0.4, 0.5) is 5.95 Å². The van der Waals surface area contributed by atoms with E-state index in [1.165, 1.54) is 5.82 Å². The summed E-state index contributed by atoms with van der Waals surface area (Å²) in [6, 6.07) is 0. The smallest absolute Gasteiger partial charge is 0.354 e. The monoisotopic (exact) mass is 387 g/mol. The third-order valence-electron chi connectivity index (χ3n) is 2.98. The Kier molecular flexibility index (Phi) is 6.57. The first-order chi connectivity index (χ1) is 11.7. The Morgan fingerprint density at radius 3 is 2.52 bits per heavy atom. The van der Waals surface area contributed by atoms with Crippen molar-refractivity contribution in [2.45, 2.75) is 52.9 Å². The standard InChI is InChI=1S/C15H23ClN5O3P/c1-10(2)23-25(22,24-11(3)4)8-6-5-7-21-9-18-12-13(16)19-15(17)20-14(12)21/h6,8-11H,5,7H2,1-4H3,(H2,17,19,20)/b8-6+. The number of aromatic nitrogens is 4. The minimum atomic E-state index is -3.27. The molecule has 0 aromatic carbocycles. The van der Waals surface area contributed by atoms with E-state index < -0.39 is 7.60 Å².